The van der Waals surface area contributed by atoms with E-state index in [1.165, 1.54) is 6.07 Å². The lowest BCUT2D eigenvalue weighted by Crippen LogP contribution is -2.01. The van der Waals surface area contributed by atoms with Gasteiger partial charge in [0.1, 0.15) is 5.82 Å². The summed E-state index contributed by atoms with van der Waals surface area (Å²) in [6.45, 7) is 2.30. The Morgan fingerprint density at radius 2 is 2.24 bits per heavy atom. The molecular formula is C12H11Cl2FN2. The summed E-state index contributed by atoms with van der Waals surface area (Å²) in [6.07, 6.45) is 3.53. The fourth-order valence-corrected chi connectivity index (χ4v) is 1.81. The van der Waals surface area contributed by atoms with Gasteiger partial charge in [0, 0.05) is 11.8 Å². The lowest BCUT2D eigenvalue weighted by molar-refractivity contribution is 0.619. The molecule has 5 heteroatoms. The second-order valence-corrected chi connectivity index (χ2v) is 4.83. The first-order valence-corrected chi connectivity index (χ1v) is 5.98. The first-order valence-electron chi connectivity index (χ1n) is 5.17. The fourth-order valence-electron chi connectivity index (χ4n) is 1.52. The van der Waals surface area contributed by atoms with Crippen LogP contribution in [0.2, 0.25) is 5.02 Å². The molecular weight excluding hydrogens is 262 g/mol. The molecule has 1 aromatic carbocycles. The van der Waals surface area contributed by atoms with Crippen LogP contribution in [0.1, 0.15) is 23.4 Å². The maximum Gasteiger partial charge on any atom is 0.142 e. The number of rotatable bonds is 3. The third-order valence-corrected chi connectivity index (χ3v) is 3.15. The van der Waals surface area contributed by atoms with Crippen LogP contribution >= 0.6 is 23.2 Å². The van der Waals surface area contributed by atoms with Gasteiger partial charge in [-0.15, -0.1) is 11.6 Å². The van der Waals surface area contributed by atoms with Crippen LogP contribution in [0.15, 0.2) is 30.6 Å². The van der Waals surface area contributed by atoms with Crippen molar-refractivity contribution in [2.24, 2.45) is 0 Å². The molecule has 2 nitrogen and oxygen atoms in total. The van der Waals surface area contributed by atoms with E-state index in [1.807, 2.05) is 13.1 Å². The molecule has 0 saturated carbocycles. The highest BCUT2D eigenvalue weighted by atomic mass is 35.5. The second kappa shape index (κ2) is 5.07. The van der Waals surface area contributed by atoms with Crippen LogP contribution in [0.3, 0.4) is 0 Å². The Kier molecular flexibility index (Phi) is 3.69. The van der Waals surface area contributed by atoms with Gasteiger partial charge in [0.15, 0.2) is 0 Å². The van der Waals surface area contributed by atoms with E-state index in [0.717, 1.165) is 5.56 Å². The molecule has 1 aromatic heterocycles. The zero-order valence-electron chi connectivity index (χ0n) is 9.20. The van der Waals surface area contributed by atoms with E-state index < -0.39 is 5.82 Å². The highest BCUT2D eigenvalue weighted by Gasteiger charge is 2.08. The summed E-state index contributed by atoms with van der Waals surface area (Å²) in [5.74, 6) is -0.415. The van der Waals surface area contributed by atoms with Crippen molar-refractivity contribution in [1.82, 2.24) is 9.78 Å². The zero-order valence-corrected chi connectivity index (χ0v) is 10.7. The maximum atomic E-state index is 13.2. The van der Waals surface area contributed by atoms with Crippen LogP contribution in [0.4, 0.5) is 4.39 Å². The van der Waals surface area contributed by atoms with Crippen molar-refractivity contribution in [3.63, 3.8) is 0 Å². The normalized spacial score (nSPS) is 12.7. The smallest absolute Gasteiger partial charge is 0.142 e. The number of hydrogen-bond acceptors (Lipinski definition) is 1. The van der Waals surface area contributed by atoms with Gasteiger partial charge in [0.05, 0.1) is 23.1 Å². The molecule has 0 fully saturated rings. The Bertz CT molecular complexity index is 523. The molecule has 1 heterocycles. The molecule has 90 valence electrons. The van der Waals surface area contributed by atoms with Crippen molar-refractivity contribution in [1.29, 1.82) is 0 Å². The van der Waals surface area contributed by atoms with Crippen molar-refractivity contribution < 1.29 is 4.39 Å². The number of hydrogen-bond donors (Lipinski definition) is 0. The summed E-state index contributed by atoms with van der Waals surface area (Å²) in [5.41, 5.74) is 1.63. The Morgan fingerprint density at radius 3 is 2.88 bits per heavy atom. The minimum Gasteiger partial charge on any atom is -0.268 e. The second-order valence-electron chi connectivity index (χ2n) is 3.80. The van der Waals surface area contributed by atoms with Crippen molar-refractivity contribution in [3.8, 4) is 0 Å². The van der Waals surface area contributed by atoms with Crippen molar-refractivity contribution >= 4 is 23.2 Å². The molecule has 2 aromatic rings. The standard InChI is InChI=1S/C12H11Cl2FN2/c1-8(13)10-5-16-17(7-10)6-9-3-2-4-11(15)12(9)14/h2-5,7-8H,6H2,1H3. The van der Waals surface area contributed by atoms with Gasteiger partial charge in [-0.05, 0) is 18.6 Å². The van der Waals surface area contributed by atoms with Crippen LogP contribution in [-0.4, -0.2) is 9.78 Å². The molecule has 2 rings (SSSR count). The van der Waals surface area contributed by atoms with Crippen LogP contribution in [-0.2, 0) is 6.54 Å². The minimum absolute atomic E-state index is 0.0910. The lowest BCUT2D eigenvalue weighted by atomic mass is 10.2. The van der Waals surface area contributed by atoms with Gasteiger partial charge in [0.2, 0.25) is 0 Å². The Balaban J connectivity index is 2.22. The predicted molar refractivity (Wildman–Crippen MR) is 67.0 cm³/mol. The van der Waals surface area contributed by atoms with Gasteiger partial charge in [-0.1, -0.05) is 23.7 Å². The first kappa shape index (κ1) is 12.4. The molecule has 0 saturated heterocycles. The molecule has 0 aliphatic carbocycles. The highest BCUT2D eigenvalue weighted by Crippen LogP contribution is 2.22. The third-order valence-electron chi connectivity index (χ3n) is 2.48. The number of alkyl halides is 1. The quantitative estimate of drug-likeness (QED) is 0.772. The van der Waals surface area contributed by atoms with Gasteiger partial charge in [-0.3, -0.25) is 4.68 Å². The lowest BCUT2D eigenvalue weighted by Gasteiger charge is -2.05. The van der Waals surface area contributed by atoms with E-state index in [1.54, 1.807) is 23.0 Å². The number of aromatic nitrogens is 2. The maximum absolute atomic E-state index is 13.2. The molecule has 1 unspecified atom stereocenters. The highest BCUT2D eigenvalue weighted by molar-refractivity contribution is 6.31. The molecule has 0 radical (unpaired) electrons. The van der Waals surface area contributed by atoms with Crippen molar-refractivity contribution in [3.05, 3.63) is 52.6 Å². The van der Waals surface area contributed by atoms with E-state index in [4.69, 9.17) is 23.2 Å². The van der Waals surface area contributed by atoms with Gasteiger partial charge in [-0.25, -0.2) is 4.39 Å². The van der Waals surface area contributed by atoms with E-state index in [0.29, 0.717) is 12.1 Å². The van der Waals surface area contributed by atoms with Crippen molar-refractivity contribution in [2.45, 2.75) is 18.8 Å². The Labute approximate surface area is 109 Å². The number of nitrogens with zero attached hydrogens (tertiary/aromatic N) is 2. The number of halogens is 3. The van der Waals surface area contributed by atoms with E-state index in [-0.39, 0.29) is 10.4 Å². The Morgan fingerprint density at radius 1 is 1.47 bits per heavy atom. The third kappa shape index (κ3) is 2.79. The summed E-state index contributed by atoms with van der Waals surface area (Å²) in [4.78, 5) is 0. The fraction of sp³-hybridized carbons (Fsp3) is 0.250. The molecule has 0 aliphatic heterocycles. The summed E-state index contributed by atoms with van der Waals surface area (Å²) >= 11 is 11.8. The van der Waals surface area contributed by atoms with Gasteiger partial charge < -0.3 is 0 Å². The molecule has 0 aliphatic rings. The molecule has 0 spiro atoms. The summed E-state index contributed by atoms with van der Waals surface area (Å²) in [7, 11) is 0. The largest absolute Gasteiger partial charge is 0.268 e. The molecule has 1 atom stereocenters. The summed E-state index contributed by atoms with van der Waals surface area (Å²) in [6, 6.07) is 4.74. The van der Waals surface area contributed by atoms with E-state index in [9.17, 15) is 4.39 Å². The van der Waals surface area contributed by atoms with Crippen LogP contribution < -0.4 is 0 Å². The monoisotopic (exact) mass is 272 g/mol. The molecule has 0 amide bonds. The topological polar surface area (TPSA) is 17.8 Å². The summed E-state index contributed by atoms with van der Waals surface area (Å²) in [5, 5.41) is 4.21. The van der Waals surface area contributed by atoms with Crippen LogP contribution in [0, 0.1) is 5.82 Å². The van der Waals surface area contributed by atoms with Gasteiger partial charge in [0.25, 0.3) is 0 Å². The van der Waals surface area contributed by atoms with Gasteiger partial charge >= 0.3 is 0 Å². The van der Waals surface area contributed by atoms with E-state index >= 15 is 0 Å². The SMILES string of the molecule is CC(Cl)c1cnn(Cc2cccc(F)c2Cl)c1. The van der Waals surface area contributed by atoms with Gasteiger partial charge in [-0.2, -0.15) is 5.10 Å². The average Bonchev–Trinajstić information content (AvgIpc) is 2.73. The van der Waals surface area contributed by atoms with Crippen LogP contribution in [0.5, 0.6) is 0 Å². The van der Waals surface area contributed by atoms with Crippen LogP contribution in [0.25, 0.3) is 0 Å². The molecule has 0 bridgehead atoms. The summed E-state index contributed by atoms with van der Waals surface area (Å²) < 4.78 is 14.9. The Hall–Kier alpha value is -1.06. The minimum atomic E-state index is -0.415. The molecule has 0 N–H and O–H groups in total. The zero-order chi connectivity index (χ0) is 12.4. The number of benzene rings is 1. The first-order chi connectivity index (χ1) is 8.08. The predicted octanol–water partition coefficient (Wildman–Crippen LogP) is 4.02. The molecule has 17 heavy (non-hydrogen) atoms. The average molecular weight is 273 g/mol. The van der Waals surface area contributed by atoms with Crippen molar-refractivity contribution in [2.75, 3.05) is 0 Å². The van der Waals surface area contributed by atoms with E-state index in [2.05, 4.69) is 5.10 Å².